The van der Waals surface area contributed by atoms with E-state index in [-0.39, 0.29) is 5.56 Å². The highest BCUT2D eigenvalue weighted by Crippen LogP contribution is 2.33. The Morgan fingerprint density at radius 2 is 1.80 bits per heavy atom. The molecule has 0 atom stereocenters. The summed E-state index contributed by atoms with van der Waals surface area (Å²) in [5.41, 5.74) is 9.90. The number of aromatic carboxylic acids is 1. The topological polar surface area (TPSA) is 71.5 Å². The lowest BCUT2D eigenvalue weighted by Crippen LogP contribution is -2.08. The number of anilines is 2. The van der Waals surface area contributed by atoms with Crippen LogP contribution in [0.4, 0.5) is 11.4 Å². The van der Waals surface area contributed by atoms with Crippen molar-refractivity contribution in [2.24, 2.45) is 7.05 Å². The highest BCUT2D eigenvalue weighted by molar-refractivity contribution is 5.99. The van der Waals surface area contributed by atoms with E-state index in [1.54, 1.807) is 6.92 Å². The third-order valence-corrected chi connectivity index (χ3v) is 3.60. The van der Waals surface area contributed by atoms with Gasteiger partial charge in [-0.05, 0) is 19.1 Å². The second-order valence-corrected chi connectivity index (χ2v) is 5.03. The fraction of sp³-hybridized carbons (Fsp3) is 0.267. The van der Waals surface area contributed by atoms with Crippen LogP contribution in [0.3, 0.4) is 0 Å². The molecule has 2 rings (SSSR count). The molecule has 0 aliphatic rings. The lowest BCUT2D eigenvalue weighted by Gasteiger charge is -2.13. The summed E-state index contributed by atoms with van der Waals surface area (Å²) in [6, 6.07) is 7.87. The van der Waals surface area contributed by atoms with Crippen molar-refractivity contribution < 1.29 is 9.90 Å². The minimum absolute atomic E-state index is 0.180. The first-order valence-corrected chi connectivity index (χ1v) is 6.30. The standard InChI is InChI=1S/C15H19N3O2/c1-9-12(15(19)20)13(16)14(18(9)4)10-5-7-11(8-6-10)17(2)3/h5-8H,16H2,1-4H3,(H,19,20). The van der Waals surface area contributed by atoms with Crippen LogP contribution >= 0.6 is 0 Å². The van der Waals surface area contributed by atoms with Gasteiger partial charge in [0.15, 0.2) is 0 Å². The average molecular weight is 273 g/mol. The van der Waals surface area contributed by atoms with Gasteiger partial charge in [-0.2, -0.15) is 0 Å². The summed E-state index contributed by atoms with van der Waals surface area (Å²) in [6.45, 7) is 1.76. The van der Waals surface area contributed by atoms with E-state index in [1.807, 2.05) is 54.9 Å². The Balaban J connectivity index is 2.58. The predicted octanol–water partition coefficient (Wildman–Crippen LogP) is 2.35. The second-order valence-electron chi connectivity index (χ2n) is 5.03. The van der Waals surface area contributed by atoms with Crippen LogP contribution in [0.25, 0.3) is 11.3 Å². The molecule has 0 fully saturated rings. The Morgan fingerprint density at radius 1 is 1.25 bits per heavy atom. The van der Waals surface area contributed by atoms with Crippen molar-refractivity contribution in [2.45, 2.75) is 6.92 Å². The second kappa shape index (κ2) is 4.92. The molecule has 20 heavy (non-hydrogen) atoms. The van der Waals surface area contributed by atoms with Gasteiger partial charge in [-0.15, -0.1) is 0 Å². The van der Waals surface area contributed by atoms with Crippen LogP contribution in [0.1, 0.15) is 16.1 Å². The summed E-state index contributed by atoms with van der Waals surface area (Å²) in [5, 5.41) is 9.25. The molecule has 106 valence electrons. The lowest BCUT2D eigenvalue weighted by atomic mass is 10.1. The van der Waals surface area contributed by atoms with Gasteiger partial charge in [0.05, 0.1) is 11.4 Å². The van der Waals surface area contributed by atoms with E-state index in [0.717, 1.165) is 16.9 Å². The number of hydrogen-bond donors (Lipinski definition) is 2. The molecule has 1 aromatic heterocycles. The number of carboxylic acid groups (broad SMARTS) is 1. The molecule has 1 heterocycles. The summed E-state index contributed by atoms with van der Waals surface area (Å²) in [6.07, 6.45) is 0. The Kier molecular flexibility index (Phi) is 3.44. The number of nitrogen functional groups attached to an aromatic ring is 1. The minimum Gasteiger partial charge on any atom is -0.478 e. The Morgan fingerprint density at radius 3 is 2.20 bits per heavy atom. The van der Waals surface area contributed by atoms with Gasteiger partial charge in [0, 0.05) is 38.1 Å². The molecule has 5 heteroatoms. The number of hydrogen-bond acceptors (Lipinski definition) is 3. The smallest absolute Gasteiger partial charge is 0.339 e. The van der Waals surface area contributed by atoms with Crippen molar-refractivity contribution in [1.82, 2.24) is 4.57 Å². The zero-order valence-corrected chi connectivity index (χ0v) is 12.1. The molecule has 0 radical (unpaired) electrons. The molecular weight excluding hydrogens is 254 g/mol. The van der Waals surface area contributed by atoms with Crippen LogP contribution in [-0.4, -0.2) is 29.7 Å². The molecule has 0 aliphatic heterocycles. The molecule has 5 nitrogen and oxygen atoms in total. The third-order valence-electron chi connectivity index (χ3n) is 3.60. The van der Waals surface area contributed by atoms with E-state index >= 15 is 0 Å². The minimum atomic E-state index is -0.994. The first kappa shape index (κ1) is 14.0. The molecule has 0 bridgehead atoms. The number of benzene rings is 1. The van der Waals surface area contributed by atoms with Gasteiger partial charge in [0.2, 0.25) is 0 Å². The molecule has 0 spiro atoms. The Bertz CT molecular complexity index is 655. The first-order chi connectivity index (χ1) is 9.34. The molecule has 0 amide bonds. The van der Waals surface area contributed by atoms with Gasteiger partial charge < -0.3 is 20.3 Å². The van der Waals surface area contributed by atoms with Gasteiger partial charge in [0.25, 0.3) is 0 Å². The van der Waals surface area contributed by atoms with Crippen molar-refractivity contribution in [3.63, 3.8) is 0 Å². The van der Waals surface area contributed by atoms with E-state index < -0.39 is 5.97 Å². The summed E-state index contributed by atoms with van der Waals surface area (Å²) in [7, 11) is 5.77. The van der Waals surface area contributed by atoms with Crippen molar-refractivity contribution in [2.75, 3.05) is 24.7 Å². The molecule has 0 aliphatic carbocycles. The van der Waals surface area contributed by atoms with E-state index in [0.29, 0.717) is 11.4 Å². The number of rotatable bonds is 3. The molecular formula is C15H19N3O2. The van der Waals surface area contributed by atoms with E-state index in [9.17, 15) is 9.90 Å². The maximum Gasteiger partial charge on any atom is 0.339 e. The van der Waals surface area contributed by atoms with Gasteiger partial charge in [-0.25, -0.2) is 4.79 Å². The SMILES string of the molecule is Cc1c(C(=O)O)c(N)c(-c2ccc(N(C)C)cc2)n1C. The number of carboxylic acids is 1. The van der Waals surface area contributed by atoms with E-state index in [1.165, 1.54) is 0 Å². The zero-order chi connectivity index (χ0) is 15.0. The lowest BCUT2D eigenvalue weighted by molar-refractivity contribution is 0.0697. The maximum atomic E-state index is 11.3. The number of nitrogens with two attached hydrogens (primary N) is 1. The van der Waals surface area contributed by atoms with Crippen molar-refractivity contribution in [3.05, 3.63) is 35.5 Å². The monoisotopic (exact) mass is 273 g/mol. The largest absolute Gasteiger partial charge is 0.478 e. The van der Waals surface area contributed by atoms with Crippen LogP contribution in [0.15, 0.2) is 24.3 Å². The van der Waals surface area contributed by atoms with Crippen LogP contribution < -0.4 is 10.6 Å². The zero-order valence-electron chi connectivity index (χ0n) is 12.1. The predicted molar refractivity (Wildman–Crippen MR) is 81.3 cm³/mol. The van der Waals surface area contributed by atoms with E-state index in [2.05, 4.69) is 0 Å². The fourth-order valence-electron chi connectivity index (χ4n) is 2.37. The Labute approximate surface area is 118 Å². The maximum absolute atomic E-state index is 11.3. The number of aromatic nitrogens is 1. The molecule has 3 N–H and O–H groups in total. The molecule has 0 saturated heterocycles. The molecule has 1 aromatic carbocycles. The van der Waals surface area contributed by atoms with Crippen molar-refractivity contribution in [3.8, 4) is 11.3 Å². The number of carbonyl (C=O) groups is 1. The van der Waals surface area contributed by atoms with Crippen LogP contribution in [-0.2, 0) is 7.05 Å². The molecule has 0 unspecified atom stereocenters. The van der Waals surface area contributed by atoms with Crippen LogP contribution in [0, 0.1) is 6.92 Å². The fourth-order valence-corrected chi connectivity index (χ4v) is 2.37. The van der Waals surface area contributed by atoms with Crippen molar-refractivity contribution in [1.29, 1.82) is 0 Å². The number of nitrogens with zero attached hydrogens (tertiary/aromatic N) is 2. The van der Waals surface area contributed by atoms with Crippen molar-refractivity contribution >= 4 is 17.3 Å². The van der Waals surface area contributed by atoms with Gasteiger partial charge in [-0.3, -0.25) is 0 Å². The quantitative estimate of drug-likeness (QED) is 0.900. The first-order valence-electron chi connectivity index (χ1n) is 6.30. The summed E-state index contributed by atoms with van der Waals surface area (Å²) >= 11 is 0. The summed E-state index contributed by atoms with van der Waals surface area (Å²) in [5.74, 6) is -0.994. The normalized spacial score (nSPS) is 10.6. The van der Waals surface area contributed by atoms with Crippen LogP contribution in [0.5, 0.6) is 0 Å². The van der Waals surface area contributed by atoms with Gasteiger partial charge in [-0.1, -0.05) is 12.1 Å². The highest BCUT2D eigenvalue weighted by atomic mass is 16.4. The average Bonchev–Trinajstić information content (AvgIpc) is 2.60. The molecule has 2 aromatic rings. The van der Waals surface area contributed by atoms with Gasteiger partial charge >= 0.3 is 5.97 Å². The van der Waals surface area contributed by atoms with Gasteiger partial charge in [0.1, 0.15) is 5.56 Å². The summed E-state index contributed by atoms with van der Waals surface area (Å²) < 4.78 is 1.82. The highest BCUT2D eigenvalue weighted by Gasteiger charge is 2.22. The third kappa shape index (κ3) is 2.11. The van der Waals surface area contributed by atoms with E-state index in [4.69, 9.17) is 5.73 Å². The summed E-state index contributed by atoms with van der Waals surface area (Å²) in [4.78, 5) is 13.3. The van der Waals surface area contributed by atoms with Crippen LogP contribution in [0.2, 0.25) is 0 Å². The molecule has 0 saturated carbocycles. The Hall–Kier alpha value is -2.43.